The van der Waals surface area contributed by atoms with E-state index in [0.29, 0.717) is 6.42 Å². The summed E-state index contributed by atoms with van der Waals surface area (Å²) in [5.41, 5.74) is 0. The highest BCUT2D eigenvalue weighted by atomic mass is 32.2. The molecule has 1 N–H and O–H groups in total. The van der Waals surface area contributed by atoms with Crippen molar-refractivity contribution in [2.45, 2.75) is 39.3 Å². The number of nitrogens with zero attached hydrogens (tertiary/aromatic N) is 2. The Hall–Kier alpha value is -0.880. The topological polar surface area (TPSA) is 63.2 Å². The van der Waals surface area contributed by atoms with Gasteiger partial charge in [0.25, 0.3) is 10.1 Å². The molecule has 16 heavy (non-hydrogen) atoms. The molecule has 0 bridgehead atoms. The van der Waals surface area contributed by atoms with Crippen LogP contribution in [0.1, 0.15) is 26.2 Å². The minimum atomic E-state index is -3.80. The van der Waals surface area contributed by atoms with Crippen LogP contribution < -0.4 is 4.57 Å². The van der Waals surface area contributed by atoms with Crippen LogP contribution in [0.15, 0.2) is 18.7 Å². The smallest absolute Gasteiger partial charge is 0.264 e. The Morgan fingerprint density at radius 3 is 2.75 bits per heavy atom. The van der Waals surface area contributed by atoms with E-state index in [9.17, 15) is 8.42 Å². The summed E-state index contributed by atoms with van der Waals surface area (Å²) in [5.74, 6) is -0.150. The molecule has 0 saturated heterocycles. The average molecular weight is 247 g/mol. The standard InChI is InChI=1S/C10H18N2O3S/c1-2-5-11-7-8-12(10-11)6-3-4-9-16(13,14)15/h7-8,10H,2-6,9H2,1H3/p+1. The molecule has 0 saturated carbocycles. The van der Waals surface area contributed by atoms with Crippen LogP contribution in [0.4, 0.5) is 0 Å². The molecular formula is C10H19N2O3S+. The molecule has 0 amide bonds. The molecule has 0 fully saturated rings. The van der Waals surface area contributed by atoms with Crippen molar-refractivity contribution < 1.29 is 17.5 Å². The fourth-order valence-corrected chi connectivity index (χ4v) is 2.11. The molecule has 0 radical (unpaired) electrons. The molecule has 0 atom stereocenters. The number of imidazole rings is 1. The monoisotopic (exact) mass is 247 g/mol. The molecule has 5 nitrogen and oxygen atoms in total. The highest BCUT2D eigenvalue weighted by molar-refractivity contribution is 7.85. The summed E-state index contributed by atoms with van der Waals surface area (Å²) in [7, 11) is -3.80. The maximum absolute atomic E-state index is 10.5. The van der Waals surface area contributed by atoms with Crippen LogP contribution in [0.5, 0.6) is 0 Å². The van der Waals surface area contributed by atoms with E-state index in [4.69, 9.17) is 4.55 Å². The lowest BCUT2D eigenvalue weighted by molar-refractivity contribution is -0.696. The summed E-state index contributed by atoms with van der Waals surface area (Å²) in [6, 6.07) is 0. The summed E-state index contributed by atoms with van der Waals surface area (Å²) in [4.78, 5) is 0. The first-order valence-corrected chi connectivity index (χ1v) is 7.12. The van der Waals surface area contributed by atoms with Crippen LogP contribution in [0, 0.1) is 0 Å². The molecular weight excluding hydrogens is 228 g/mol. The second-order valence-corrected chi connectivity index (χ2v) is 5.45. The fraction of sp³-hybridized carbons (Fsp3) is 0.700. The first-order valence-electron chi connectivity index (χ1n) is 5.51. The van der Waals surface area contributed by atoms with Crippen molar-refractivity contribution in [3.63, 3.8) is 0 Å². The van der Waals surface area contributed by atoms with Crippen LogP contribution in [0.25, 0.3) is 0 Å². The van der Waals surface area contributed by atoms with E-state index in [0.717, 1.165) is 25.9 Å². The van der Waals surface area contributed by atoms with Gasteiger partial charge >= 0.3 is 0 Å². The van der Waals surface area contributed by atoms with Gasteiger partial charge in [-0.25, -0.2) is 9.13 Å². The van der Waals surface area contributed by atoms with E-state index in [1.165, 1.54) is 0 Å². The normalized spacial score (nSPS) is 11.9. The number of hydrogen-bond donors (Lipinski definition) is 1. The molecule has 1 heterocycles. The molecule has 0 spiro atoms. The van der Waals surface area contributed by atoms with Gasteiger partial charge in [0.2, 0.25) is 6.33 Å². The van der Waals surface area contributed by atoms with Crippen LogP contribution in [-0.2, 0) is 23.2 Å². The molecule has 1 aromatic heterocycles. The van der Waals surface area contributed by atoms with Crippen LogP contribution in [0.2, 0.25) is 0 Å². The second-order valence-electron chi connectivity index (χ2n) is 3.88. The first-order chi connectivity index (χ1) is 7.51. The number of rotatable bonds is 7. The molecule has 1 rings (SSSR count). The van der Waals surface area contributed by atoms with E-state index in [1.807, 2.05) is 23.3 Å². The van der Waals surface area contributed by atoms with Gasteiger partial charge in [0.1, 0.15) is 12.4 Å². The largest absolute Gasteiger partial charge is 0.286 e. The average Bonchev–Trinajstić information content (AvgIpc) is 2.60. The Morgan fingerprint density at radius 2 is 2.12 bits per heavy atom. The third-order valence-electron chi connectivity index (χ3n) is 2.30. The Labute approximate surface area is 96.5 Å². The van der Waals surface area contributed by atoms with Gasteiger partial charge in [0, 0.05) is 0 Å². The van der Waals surface area contributed by atoms with Gasteiger partial charge in [0.15, 0.2) is 0 Å². The zero-order valence-electron chi connectivity index (χ0n) is 9.54. The molecule has 1 aromatic rings. The highest BCUT2D eigenvalue weighted by Gasteiger charge is 2.06. The zero-order chi connectivity index (χ0) is 12.0. The van der Waals surface area contributed by atoms with Crippen molar-refractivity contribution in [3.05, 3.63) is 18.7 Å². The van der Waals surface area contributed by atoms with Crippen LogP contribution >= 0.6 is 0 Å². The molecule has 0 aliphatic heterocycles. The molecule has 6 heteroatoms. The first kappa shape index (κ1) is 13.2. The Kier molecular flexibility index (Phi) is 4.95. The van der Waals surface area contributed by atoms with Crippen molar-refractivity contribution in [2.24, 2.45) is 0 Å². The van der Waals surface area contributed by atoms with Gasteiger partial charge < -0.3 is 0 Å². The Bertz CT molecular complexity index is 411. The SMILES string of the molecule is CCC[n+]1ccn(CCCCS(=O)(=O)O)c1. The van der Waals surface area contributed by atoms with Crippen LogP contribution in [0.3, 0.4) is 0 Å². The molecule has 92 valence electrons. The van der Waals surface area contributed by atoms with Gasteiger partial charge in [-0.1, -0.05) is 6.92 Å². The van der Waals surface area contributed by atoms with Gasteiger partial charge in [-0.2, -0.15) is 8.42 Å². The third kappa shape index (κ3) is 5.27. The van der Waals surface area contributed by atoms with Gasteiger partial charge in [0.05, 0.1) is 18.8 Å². The lowest BCUT2D eigenvalue weighted by atomic mass is 10.3. The predicted molar refractivity (Wildman–Crippen MR) is 60.6 cm³/mol. The van der Waals surface area contributed by atoms with Crippen molar-refractivity contribution in [1.29, 1.82) is 0 Å². The van der Waals surface area contributed by atoms with Crippen molar-refractivity contribution in [1.82, 2.24) is 4.57 Å². The van der Waals surface area contributed by atoms with E-state index < -0.39 is 10.1 Å². The lowest BCUT2D eigenvalue weighted by Crippen LogP contribution is -2.30. The van der Waals surface area contributed by atoms with E-state index >= 15 is 0 Å². The maximum Gasteiger partial charge on any atom is 0.264 e. The Morgan fingerprint density at radius 1 is 1.38 bits per heavy atom. The van der Waals surface area contributed by atoms with Crippen LogP contribution in [-0.4, -0.2) is 23.3 Å². The summed E-state index contributed by atoms with van der Waals surface area (Å²) in [6.07, 6.45) is 8.33. The quantitative estimate of drug-likeness (QED) is 0.441. The predicted octanol–water partition coefficient (Wildman–Crippen LogP) is 0.854. The summed E-state index contributed by atoms with van der Waals surface area (Å²) >= 11 is 0. The highest BCUT2D eigenvalue weighted by Crippen LogP contribution is 1.97. The second kappa shape index (κ2) is 6.00. The maximum atomic E-state index is 10.5. The number of aromatic nitrogens is 2. The summed E-state index contributed by atoms with van der Waals surface area (Å²) in [5, 5.41) is 0. The Balaban J connectivity index is 2.26. The summed E-state index contributed by atoms with van der Waals surface area (Å²) < 4.78 is 33.6. The number of aryl methyl sites for hydroxylation is 2. The lowest BCUT2D eigenvalue weighted by Gasteiger charge is -1.96. The third-order valence-corrected chi connectivity index (χ3v) is 3.10. The van der Waals surface area contributed by atoms with Gasteiger partial charge in [-0.05, 0) is 19.3 Å². The van der Waals surface area contributed by atoms with E-state index in [2.05, 4.69) is 11.5 Å². The van der Waals surface area contributed by atoms with Gasteiger partial charge in [-0.15, -0.1) is 0 Å². The number of unbranched alkanes of at least 4 members (excludes halogenated alkanes) is 1. The van der Waals surface area contributed by atoms with Crippen molar-refractivity contribution in [3.8, 4) is 0 Å². The zero-order valence-corrected chi connectivity index (χ0v) is 10.4. The minimum Gasteiger partial charge on any atom is -0.286 e. The number of hydrogen-bond acceptors (Lipinski definition) is 2. The van der Waals surface area contributed by atoms with Gasteiger partial charge in [-0.3, -0.25) is 4.55 Å². The molecule has 0 aromatic carbocycles. The minimum absolute atomic E-state index is 0.150. The molecule has 0 unspecified atom stereocenters. The fourth-order valence-electron chi connectivity index (χ4n) is 1.54. The molecule has 0 aliphatic carbocycles. The summed E-state index contributed by atoms with van der Waals surface area (Å²) in [6.45, 7) is 3.90. The van der Waals surface area contributed by atoms with E-state index in [1.54, 1.807) is 0 Å². The van der Waals surface area contributed by atoms with Crippen molar-refractivity contribution in [2.75, 3.05) is 5.75 Å². The van der Waals surface area contributed by atoms with Crippen molar-refractivity contribution >= 4 is 10.1 Å². The molecule has 0 aliphatic rings. The van der Waals surface area contributed by atoms with E-state index in [-0.39, 0.29) is 5.75 Å².